The molecule has 12 bridgehead atoms. The average Bonchev–Trinajstić information content (AvgIpc) is 3.90. The van der Waals surface area contributed by atoms with Gasteiger partial charge in [0.2, 0.25) is 24.5 Å². The molecule has 28 heteroatoms. The van der Waals surface area contributed by atoms with Gasteiger partial charge in [0, 0.05) is 43.9 Å². The normalized spacial score (nSPS) is 15.8. The molecule has 10 rings (SSSR count). The number of nitrogens with one attached hydrogen (secondary N) is 2. The summed E-state index contributed by atoms with van der Waals surface area (Å²) in [6.45, 7) is 3.65. The van der Waals surface area contributed by atoms with Crippen molar-refractivity contribution in [3.8, 4) is 17.7 Å². The van der Waals surface area contributed by atoms with E-state index >= 15 is 0 Å². The predicted octanol–water partition coefficient (Wildman–Crippen LogP) is 10.6. The van der Waals surface area contributed by atoms with Gasteiger partial charge in [-0.25, -0.2) is 9.13 Å². The molecule has 0 atom stereocenters. The second-order valence-corrected chi connectivity index (χ2v) is 17.8. The minimum atomic E-state index is -10.7. The third kappa shape index (κ3) is 23.7. The SMILES string of the molecule is CC#N.F[P-](F)(F)(F)(F)F.F[P-](F)(F)(F)(F)F.O.O=CN1/C=C\Nc2cccc(n2)-n2cc[n+](c2)Cc2ccc(cc2)CN(C=O)/C=C\Nc2cccc(n2)-n2cc[n+](c2)Cc2ccc(cc2)C1. The average molecular weight is 1010 g/mol. The van der Waals surface area contributed by atoms with Crippen LogP contribution in [0.15, 0.2) is 147 Å². The van der Waals surface area contributed by atoms with E-state index in [4.69, 9.17) is 15.2 Å². The van der Waals surface area contributed by atoms with Crippen molar-refractivity contribution in [2.24, 2.45) is 0 Å². The zero-order valence-corrected chi connectivity index (χ0v) is 36.9. The Bertz CT molecular complexity index is 2530. The fourth-order valence-corrected chi connectivity index (χ4v) is 5.57. The largest absolute Gasteiger partial charge is 0.412 e. The third-order valence-electron chi connectivity index (χ3n) is 8.15. The van der Waals surface area contributed by atoms with Crippen molar-refractivity contribution >= 4 is 40.1 Å². The first-order valence-electron chi connectivity index (χ1n) is 18.9. The molecule has 68 heavy (non-hydrogen) atoms. The molecule has 0 aliphatic carbocycles. The van der Waals surface area contributed by atoms with Crippen LogP contribution in [0.4, 0.5) is 62.0 Å². The van der Waals surface area contributed by atoms with E-state index in [0.717, 1.165) is 46.7 Å². The first-order valence-corrected chi connectivity index (χ1v) is 22.9. The van der Waals surface area contributed by atoms with Crippen molar-refractivity contribution in [3.63, 3.8) is 0 Å². The van der Waals surface area contributed by atoms with Gasteiger partial charge < -0.3 is 25.9 Å². The molecule has 4 aliphatic rings. The number of amides is 2. The molecule has 0 saturated heterocycles. The standard InChI is InChI=1S/C38H36N10O2.C2H3N.2F6P.H2O/c49-29-45-17-15-39-35-3-1-5-37(41-35)47-21-19-43(27-47)23-31-7-11-34(12-8-31)26-46(30-50)18-16-40-36-4-2-6-38(42-36)48-22-20-44(28-48)24-32-9-13-33(25-45)14-10-32;1-2-3;2*1-7(2,3,4,5)6;/h1-22,27-30H,23-26H2,(H,39,41)(H,40,42);1H3;;;1H2/q+2;;2*-1;/b17-15-,18-16-;;;;. The Hall–Kier alpha value is -7.35. The van der Waals surface area contributed by atoms with Crippen LogP contribution in [0.5, 0.6) is 0 Å². The third-order valence-corrected chi connectivity index (χ3v) is 8.15. The molecule has 4 aliphatic heterocycles. The van der Waals surface area contributed by atoms with Gasteiger partial charge in [0.05, 0.1) is 19.2 Å². The van der Waals surface area contributed by atoms with Gasteiger partial charge in [0.25, 0.3) is 12.7 Å². The topological polar surface area (TPSA) is 163 Å². The molecule has 0 unspecified atom stereocenters. The van der Waals surface area contributed by atoms with Gasteiger partial charge in [0.1, 0.15) is 49.5 Å². The Morgan fingerprint density at radius 2 is 0.882 bits per heavy atom. The first kappa shape index (κ1) is 55.0. The van der Waals surface area contributed by atoms with E-state index in [9.17, 15) is 60.0 Å². The molecular weight excluding hydrogens is 972 g/mol. The Morgan fingerprint density at radius 1 is 0.574 bits per heavy atom. The molecule has 0 saturated carbocycles. The summed E-state index contributed by atoms with van der Waals surface area (Å²) >= 11 is 0. The van der Waals surface area contributed by atoms with E-state index in [1.165, 1.54) is 6.92 Å². The van der Waals surface area contributed by atoms with Crippen molar-refractivity contribution in [1.82, 2.24) is 28.9 Å². The molecular formula is C40H41F12N11O3P2. The predicted molar refractivity (Wildman–Crippen MR) is 229 cm³/mol. The van der Waals surface area contributed by atoms with E-state index in [0.29, 0.717) is 37.8 Å². The maximum Gasteiger partial charge on any atom is 0.250 e. The zero-order valence-electron chi connectivity index (χ0n) is 35.1. The van der Waals surface area contributed by atoms with E-state index in [1.807, 2.05) is 107 Å². The number of nitrogens with zero attached hydrogens (tertiary/aromatic N) is 9. The van der Waals surface area contributed by atoms with Crippen molar-refractivity contribution < 1.29 is 74.6 Å². The summed E-state index contributed by atoms with van der Waals surface area (Å²) in [6, 6.07) is 29.7. The summed E-state index contributed by atoms with van der Waals surface area (Å²) in [6.07, 6.45) is 20.3. The first-order chi connectivity index (χ1) is 30.9. The monoisotopic (exact) mass is 1010 g/mol. The van der Waals surface area contributed by atoms with Crippen LogP contribution in [0.1, 0.15) is 29.2 Å². The van der Waals surface area contributed by atoms with E-state index in [2.05, 4.69) is 44.0 Å². The number of hydrogen-bond acceptors (Lipinski definition) is 7. The second-order valence-electron chi connectivity index (χ2n) is 14.0. The molecule has 368 valence electrons. The number of carbonyl (C=O) groups excluding carboxylic acids is 2. The van der Waals surface area contributed by atoms with Crippen LogP contribution in [0.2, 0.25) is 0 Å². The number of hydrogen-bond donors (Lipinski definition) is 2. The minimum Gasteiger partial charge on any atom is -0.412 e. The number of aromatic nitrogens is 6. The van der Waals surface area contributed by atoms with Gasteiger partial charge in [-0.3, -0.25) is 9.59 Å². The molecule has 6 aromatic rings. The summed E-state index contributed by atoms with van der Waals surface area (Å²) in [5.41, 5.74) is 4.27. The van der Waals surface area contributed by atoms with Crippen LogP contribution >= 0.6 is 15.6 Å². The quantitative estimate of drug-likeness (QED) is 0.0755. The summed E-state index contributed by atoms with van der Waals surface area (Å²) < 4.78 is 126. The fourth-order valence-electron chi connectivity index (χ4n) is 5.57. The van der Waals surface area contributed by atoms with Gasteiger partial charge in [-0.15, -0.1) is 0 Å². The van der Waals surface area contributed by atoms with Gasteiger partial charge in [-0.05, 0) is 34.4 Å². The van der Waals surface area contributed by atoms with Crippen LogP contribution < -0.4 is 19.8 Å². The Balaban J connectivity index is 0.000000584. The molecule has 4 aromatic heterocycles. The maximum atomic E-state index is 11.9. The van der Waals surface area contributed by atoms with Crippen molar-refractivity contribution in [3.05, 3.63) is 169 Å². The molecule has 2 amide bonds. The van der Waals surface area contributed by atoms with E-state index in [1.54, 1.807) is 40.7 Å². The molecule has 4 N–H and O–H groups in total. The van der Waals surface area contributed by atoms with Crippen molar-refractivity contribution in [1.29, 1.82) is 5.26 Å². The maximum absolute atomic E-state index is 11.9. The number of imidazole rings is 2. The minimum absolute atomic E-state index is 0. The number of anilines is 2. The van der Waals surface area contributed by atoms with Crippen molar-refractivity contribution in [2.45, 2.75) is 33.1 Å². The molecule has 0 fully saturated rings. The van der Waals surface area contributed by atoms with Gasteiger partial charge >= 0.3 is 66.0 Å². The van der Waals surface area contributed by atoms with E-state index < -0.39 is 15.6 Å². The number of rotatable bonds is 2. The Morgan fingerprint density at radius 3 is 1.19 bits per heavy atom. The summed E-state index contributed by atoms with van der Waals surface area (Å²) in [4.78, 5) is 36.3. The number of pyridine rings is 2. The second kappa shape index (κ2) is 20.7. The van der Waals surface area contributed by atoms with Crippen molar-refractivity contribution in [2.75, 3.05) is 10.6 Å². The smallest absolute Gasteiger partial charge is 0.250 e. The molecule has 8 heterocycles. The summed E-state index contributed by atoms with van der Waals surface area (Å²) in [5.74, 6) is 2.82. The number of benzene rings is 2. The number of nitriles is 1. The number of carbonyl (C=O) groups is 2. The molecule has 2 aromatic carbocycles. The van der Waals surface area contributed by atoms with E-state index in [-0.39, 0.29) is 5.48 Å². The Labute approximate surface area is 379 Å². The van der Waals surface area contributed by atoms with Gasteiger partial charge in [-0.1, -0.05) is 60.7 Å². The number of halogens is 12. The van der Waals surface area contributed by atoms with Gasteiger partial charge in [-0.2, -0.15) is 24.4 Å². The van der Waals surface area contributed by atoms with Gasteiger partial charge in [0.15, 0.2) is 0 Å². The summed E-state index contributed by atoms with van der Waals surface area (Å²) in [5, 5.41) is 13.7. The fraction of sp³-hybridized carbons (Fsp3) is 0.125. The van der Waals surface area contributed by atoms with Crippen LogP contribution in [-0.2, 0) is 35.8 Å². The zero-order chi connectivity index (χ0) is 49.6. The molecule has 0 spiro atoms. The molecule has 14 nitrogen and oxygen atoms in total. The Kier molecular flexibility index (Phi) is 16.7. The van der Waals surface area contributed by atoms with Crippen LogP contribution in [-0.4, -0.2) is 47.2 Å². The van der Waals surface area contributed by atoms with Crippen LogP contribution in [0, 0.1) is 11.3 Å². The van der Waals surface area contributed by atoms with Crippen LogP contribution in [0.25, 0.3) is 11.6 Å². The van der Waals surface area contributed by atoms with Crippen LogP contribution in [0.3, 0.4) is 0 Å². The summed E-state index contributed by atoms with van der Waals surface area (Å²) in [7, 11) is -21.3. The molecule has 0 radical (unpaired) electrons.